The lowest BCUT2D eigenvalue weighted by molar-refractivity contribution is -0.122. The molecule has 1 aliphatic heterocycles. The lowest BCUT2D eigenvalue weighted by Crippen LogP contribution is -2.28. The SMILES string of the molecule is CCN=C1NC(=O)[C@H](CC(=O)Nc2ccc(OC)c(Cl)c2)S1. The van der Waals surface area contributed by atoms with Gasteiger partial charge in [-0.25, -0.2) is 0 Å². The molecule has 1 saturated heterocycles. The van der Waals surface area contributed by atoms with Crippen molar-refractivity contribution in [2.24, 2.45) is 4.99 Å². The molecule has 2 N–H and O–H groups in total. The number of benzene rings is 1. The van der Waals surface area contributed by atoms with Gasteiger partial charge in [0.05, 0.1) is 12.1 Å². The van der Waals surface area contributed by atoms with Crippen LogP contribution in [0.15, 0.2) is 23.2 Å². The number of nitrogens with one attached hydrogen (secondary N) is 2. The van der Waals surface area contributed by atoms with E-state index in [0.29, 0.717) is 28.2 Å². The van der Waals surface area contributed by atoms with Gasteiger partial charge in [-0.1, -0.05) is 23.4 Å². The van der Waals surface area contributed by atoms with Crippen molar-refractivity contribution < 1.29 is 14.3 Å². The Labute approximate surface area is 137 Å². The van der Waals surface area contributed by atoms with Crippen molar-refractivity contribution in [3.8, 4) is 5.75 Å². The predicted molar refractivity (Wildman–Crippen MR) is 88.7 cm³/mol. The summed E-state index contributed by atoms with van der Waals surface area (Å²) in [6.45, 7) is 2.47. The number of anilines is 1. The maximum absolute atomic E-state index is 12.0. The number of amidine groups is 1. The molecule has 0 saturated carbocycles. The summed E-state index contributed by atoms with van der Waals surface area (Å²) in [4.78, 5) is 27.9. The summed E-state index contributed by atoms with van der Waals surface area (Å²) in [6.07, 6.45) is 0.0723. The van der Waals surface area contributed by atoms with Gasteiger partial charge in [-0.05, 0) is 25.1 Å². The molecular weight excluding hydrogens is 326 g/mol. The highest BCUT2D eigenvalue weighted by Crippen LogP contribution is 2.28. The number of amides is 2. The van der Waals surface area contributed by atoms with Crippen LogP contribution in [0.3, 0.4) is 0 Å². The number of hydrogen-bond acceptors (Lipinski definition) is 5. The Balaban J connectivity index is 1.95. The topological polar surface area (TPSA) is 79.8 Å². The van der Waals surface area contributed by atoms with Crippen LogP contribution in [-0.4, -0.2) is 35.9 Å². The van der Waals surface area contributed by atoms with E-state index >= 15 is 0 Å². The van der Waals surface area contributed by atoms with Crippen LogP contribution in [-0.2, 0) is 9.59 Å². The van der Waals surface area contributed by atoms with E-state index in [1.807, 2.05) is 6.92 Å². The average molecular weight is 342 g/mol. The van der Waals surface area contributed by atoms with Crippen LogP contribution in [0.25, 0.3) is 0 Å². The second-order valence-electron chi connectivity index (χ2n) is 4.48. The van der Waals surface area contributed by atoms with Crippen molar-refractivity contribution in [3.05, 3.63) is 23.2 Å². The quantitative estimate of drug-likeness (QED) is 0.861. The molecule has 0 aliphatic carbocycles. The Morgan fingerprint density at radius 1 is 1.55 bits per heavy atom. The van der Waals surface area contributed by atoms with Gasteiger partial charge in [0.15, 0.2) is 5.17 Å². The van der Waals surface area contributed by atoms with E-state index in [4.69, 9.17) is 16.3 Å². The molecule has 0 unspecified atom stereocenters. The van der Waals surface area contributed by atoms with E-state index in [1.54, 1.807) is 18.2 Å². The van der Waals surface area contributed by atoms with Gasteiger partial charge < -0.3 is 15.4 Å². The zero-order valence-electron chi connectivity index (χ0n) is 12.2. The van der Waals surface area contributed by atoms with Gasteiger partial charge in [-0.3, -0.25) is 14.6 Å². The van der Waals surface area contributed by atoms with Gasteiger partial charge in [0, 0.05) is 18.7 Å². The minimum absolute atomic E-state index is 0.0723. The standard InChI is InChI=1S/C14H16ClN3O3S/c1-3-16-14-18-13(20)11(22-14)7-12(19)17-8-4-5-10(21-2)9(15)6-8/h4-6,11H,3,7H2,1-2H3,(H,17,19)(H,16,18,20)/t11-/m0/s1. The van der Waals surface area contributed by atoms with E-state index < -0.39 is 5.25 Å². The summed E-state index contributed by atoms with van der Waals surface area (Å²) in [7, 11) is 1.52. The first-order valence-corrected chi connectivity index (χ1v) is 7.94. The smallest absolute Gasteiger partial charge is 0.240 e. The monoisotopic (exact) mass is 341 g/mol. The van der Waals surface area contributed by atoms with E-state index in [0.717, 1.165) is 0 Å². The van der Waals surface area contributed by atoms with E-state index in [2.05, 4.69) is 15.6 Å². The Hall–Kier alpha value is -1.73. The number of hydrogen-bond donors (Lipinski definition) is 2. The number of ether oxygens (including phenoxy) is 1. The Bertz CT molecular complexity index is 621. The first kappa shape index (κ1) is 16.6. The molecule has 6 nitrogen and oxygen atoms in total. The largest absolute Gasteiger partial charge is 0.495 e. The number of thioether (sulfide) groups is 1. The maximum atomic E-state index is 12.0. The molecule has 1 aromatic rings. The number of rotatable bonds is 5. The van der Waals surface area contributed by atoms with Crippen LogP contribution in [0.1, 0.15) is 13.3 Å². The molecule has 0 radical (unpaired) electrons. The zero-order valence-corrected chi connectivity index (χ0v) is 13.8. The molecule has 22 heavy (non-hydrogen) atoms. The maximum Gasteiger partial charge on any atom is 0.240 e. The minimum Gasteiger partial charge on any atom is -0.495 e. The second-order valence-corrected chi connectivity index (χ2v) is 6.08. The molecule has 0 aromatic heterocycles. The molecule has 1 heterocycles. The third-order valence-electron chi connectivity index (χ3n) is 2.88. The highest BCUT2D eigenvalue weighted by molar-refractivity contribution is 8.15. The van der Waals surface area contributed by atoms with Crippen LogP contribution >= 0.6 is 23.4 Å². The molecule has 1 fully saturated rings. The first-order valence-electron chi connectivity index (χ1n) is 6.68. The van der Waals surface area contributed by atoms with Gasteiger partial charge in [-0.15, -0.1) is 0 Å². The van der Waals surface area contributed by atoms with Crippen LogP contribution in [0, 0.1) is 0 Å². The molecule has 2 amide bonds. The van der Waals surface area contributed by atoms with Gasteiger partial charge in [-0.2, -0.15) is 0 Å². The number of halogens is 1. The van der Waals surface area contributed by atoms with Crippen LogP contribution in [0.5, 0.6) is 5.75 Å². The number of aliphatic imine (C=N–C) groups is 1. The molecule has 0 spiro atoms. The second kappa shape index (κ2) is 7.51. The fourth-order valence-electron chi connectivity index (χ4n) is 1.88. The third-order valence-corrected chi connectivity index (χ3v) is 4.30. The van der Waals surface area contributed by atoms with Crippen LogP contribution < -0.4 is 15.4 Å². The Kier molecular flexibility index (Phi) is 5.68. The van der Waals surface area contributed by atoms with Crippen molar-refractivity contribution in [1.82, 2.24) is 5.32 Å². The zero-order chi connectivity index (χ0) is 16.1. The van der Waals surface area contributed by atoms with Crippen molar-refractivity contribution >= 4 is 46.0 Å². The molecule has 0 bridgehead atoms. The Morgan fingerprint density at radius 2 is 2.32 bits per heavy atom. The molecule has 8 heteroatoms. The van der Waals surface area contributed by atoms with Crippen LogP contribution in [0.2, 0.25) is 5.02 Å². The highest BCUT2D eigenvalue weighted by Gasteiger charge is 2.31. The Morgan fingerprint density at radius 3 is 2.95 bits per heavy atom. The minimum atomic E-state index is -0.459. The predicted octanol–water partition coefficient (Wildman–Crippen LogP) is 2.28. The van der Waals surface area contributed by atoms with Gasteiger partial charge in [0.25, 0.3) is 0 Å². The van der Waals surface area contributed by atoms with E-state index in [1.165, 1.54) is 18.9 Å². The normalized spacial score (nSPS) is 19.1. The first-order chi connectivity index (χ1) is 10.5. The third kappa shape index (κ3) is 4.14. The van der Waals surface area contributed by atoms with Crippen molar-refractivity contribution in [2.75, 3.05) is 19.0 Å². The summed E-state index contributed by atoms with van der Waals surface area (Å²) in [5.74, 6) is 0.0811. The van der Waals surface area contributed by atoms with E-state index in [9.17, 15) is 9.59 Å². The fourth-order valence-corrected chi connectivity index (χ4v) is 3.17. The number of nitrogens with zero attached hydrogens (tertiary/aromatic N) is 1. The van der Waals surface area contributed by atoms with Crippen LogP contribution in [0.4, 0.5) is 5.69 Å². The van der Waals surface area contributed by atoms with Gasteiger partial charge in [0.2, 0.25) is 11.8 Å². The van der Waals surface area contributed by atoms with E-state index in [-0.39, 0.29) is 18.2 Å². The molecule has 1 atom stereocenters. The lowest BCUT2D eigenvalue weighted by atomic mass is 10.2. The highest BCUT2D eigenvalue weighted by atomic mass is 35.5. The lowest BCUT2D eigenvalue weighted by Gasteiger charge is -2.09. The molecule has 2 rings (SSSR count). The van der Waals surface area contributed by atoms with Gasteiger partial charge >= 0.3 is 0 Å². The number of carbonyl (C=O) groups excluding carboxylic acids is 2. The summed E-state index contributed by atoms with van der Waals surface area (Å²) < 4.78 is 5.05. The van der Waals surface area contributed by atoms with Crippen molar-refractivity contribution in [1.29, 1.82) is 0 Å². The number of methoxy groups -OCH3 is 1. The summed E-state index contributed by atoms with van der Waals surface area (Å²) >= 11 is 7.27. The van der Waals surface area contributed by atoms with Gasteiger partial charge in [0.1, 0.15) is 11.0 Å². The summed E-state index contributed by atoms with van der Waals surface area (Å²) in [5, 5.41) is 5.89. The molecular formula is C14H16ClN3O3S. The number of carbonyl (C=O) groups is 2. The summed E-state index contributed by atoms with van der Waals surface area (Å²) in [5.41, 5.74) is 0.557. The van der Waals surface area contributed by atoms with Crippen molar-refractivity contribution in [3.63, 3.8) is 0 Å². The summed E-state index contributed by atoms with van der Waals surface area (Å²) in [6, 6.07) is 4.96. The van der Waals surface area contributed by atoms with Crippen molar-refractivity contribution in [2.45, 2.75) is 18.6 Å². The molecule has 1 aromatic carbocycles. The molecule has 118 valence electrons. The fraction of sp³-hybridized carbons (Fsp3) is 0.357. The average Bonchev–Trinajstić information content (AvgIpc) is 2.79. The molecule has 1 aliphatic rings.